The van der Waals surface area contributed by atoms with Crippen LogP contribution in [0.1, 0.15) is 53.9 Å². The highest BCUT2D eigenvalue weighted by Gasteiger charge is 2.31. The molecular weight excluding hydrogens is 418 g/mol. The van der Waals surface area contributed by atoms with Gasteiger partial charge in [0, 0.05) is 51.5 Å². The Morgan fingerprint density at radius 2 is 2.06 bits per heavy atom. The van der Waals surface area contributed by atoms with Gasteiger partial charge >= 0.3 is 0 Å². The van der Waals surface area contributed by atoms with Gasteiger partial charge in [-0.3, -0.25) is 9.59 Å². The van der Waals surface area contributed by atoms with Gasteiger partial charge in [0.2, 0.25) is 11.8 Å². The van der Waals surface area contributed by atoms with Gasteiger partial charge in [-0.1, -0.05) is 12.1 Å². The summed E-state index contributed by atoms with van der Waals surface area (Å²) in [5, 5.41) is 3.21. The minimum atomic E-state index is 0.102. The van der Waals surface area contributed by atoms with E-state index in [0.29, 0.717) is 32.5 Å². The lowest BCUT2D eigenvalue weighted by Crippen LogP contribution is -2.38. The topological polar surface area (TPSA) is 87.7 Å². The number of fused-ring (bicyclic) bond motifs is 2. The van der Waals surface area contributed by atoms with Crippen LogP contribution in [0.4, 0.5) is 5.82 Å². The van der Waals surface area contributed by atoms with Crippen LogP contribution >= 0.6 is 0 Å². The molecule has 2 amide bonds. The number of aromatic nitrogens is 2. The second kappa shape index (κ2) is 9.00. The maximum atomic E-state index is 13.1. The molecule has 0 aliphatic carbocycles. The predicted molar refractivity (Wildman–Crippen MR) is 124 cm³/mol. The highest BCUT2D eigenvalue weighted by Crippen LogP contribution is 2.31. The number of ether oxygens (including phenoxy) is 1. The molecule has 3 aliphatic rings. The van der Waals surface area contributed by atoms with Gasteiger partial charge in [-0.2, -0.15) is 0 Å². The number of anilines is 1. The fraction of sp³-hybridized carbons (Fsp3) is 0.520. The number of carbonyl (C=O) groups is 2. The number of hydrogen-bond donors (Lipinski definition) is 1. The van der Waals surface area contributed by atoms with Crippen LogP contribution in [0.5, 0.6) is 5.75 Å². The van der Waals surface area contributed by atoms with Crippen LogP contribution < -0.4 is 10.1 Å². The Balaban J connectivity index is 1.30. The molecule has 3 aliphatic heterocycles. The third-order valence-electron chi connectivity index (χ3n) is 6.99. The fourth-order valence-corrected chi connectivity index (χ4v) is 5.10. The average molecular weight is 450 g/mol. The van der Waals surface area contributed by atoms with Gasteiger partial charge in [0.15, 0.2) is 0 Å². The number of likely N-dealkylation sites (tertiary alicyclic amines) is 1. The molecule has 8 heteroatoms. The van der Waals surface area contributed by atoms with E-state index in [9.17, 15) is 9.59 Å². The Morgan fingerprint density at radius 1 is 1.18 bits per heavy atom. The molecular formula is C25H31N5O3. The first-order valence-corrected chi connectivity index (χ1v) is 11.9. The number of nitrogens with zero attached hydrogens (tertiary/aromatic N) is 4. The van der Waals surface area contributed by atoms with Crippen molar-refractivity contribution in [1.82, 2.24) is 19.8 Å². The van der Waals surface area contributed by atoms with Crippen molar-refractivity contribution in [2.75, 3.05) is 38.6 Å². The second-order valence-electron chi connectivity index (χ2n) is 9.19. The zero-order valence-electron chi connectivity index (χ0n) is 19.4. The van der Waals surface area contributed by atoms with E-state index >= 15 is 0 Å². The first-order valence-electron chi connectivity index (χ1n) is 11.9. The molecule has 174 valence electrons. The Morgan fingerprint density at radius 3 is 2.85 bits per heavy atom. The smallest absolute Gasteiger partial charge is 0.227 e. The zero-order valence-corrected chi connectivity index (χ0v) is 19.4. The first-order chi connectivity index (χ1) is 16.0. The Hall–Kier alpha value is -3.16. The molecule has 2 aromatic rings. The summed E-state index contributed by atoms with van der Waals surface area (Å²) in [5.41, 5.74) is 4.25. The maximum absolute atomic E-state index is 13.1. The van der Waals surface area contributed by atoms with E-state index in [0.717, 1.165) is 66.6 Å². The number of benzene rings is 1. The van der Waals surface area contributed by atoms with E-state index in [1.165, 1.54) is 5.56 Å². The van der Waals surface area contributed by atoms with Crippen molar-refractivity contribution >= 4 is 17.6 Å². The summed E-state index contributed by atoms with van der Waals surface area (Å²) in [5.74, 6) is 2.93. The molecule has 1 aromatic carbocycles. The summed E-state index contributed by atoms with van der Waals surface area (Å²) in [6.07, 6.45) is 4.02. The summed E-state index contributed by atoms with van der Waals surface area (Å²) in [6.45, 7) is 4.98. The van der Waals surface area contributed by atoms with Gasteiger partial charge in [-0.15, -0.1) is 0 Å². The van der Waals surface area contributed by atoms with Gasteiger partial charge in [0.05, 0.1) is 25.3 Å². The normalized spacial score (nSPS) is 19.5. The fourth-order valence-electron chi connectivity index (χ4n) is 5.10. The number of amides is 2. The van der Waals surface area contributed by atoms with Crippen LogP contribution in [0.2, 0.25) is 0 Å². The van der Waals surface area contributed by atoms with Crippen LogP contribution in [0.25, 0.3) is 0 Å². The van der Waals surface area contributed by atoms with Crippen molar-refractivity contribution in [3.63, 3.8) is 0 Å². The number of nitrogens with one attached hydrogen (secondary N) is 1. The van der Waals surface area contributed by atoms with Gasteiger partial charge in [0.25, 0.3) is 0 Å². The molecule has 1 N–H and O–H groups in total. The van der Waals surface area contributed by atoms with E-state index in [-0.39, 0.29) is 17.7 Å². The minimum absolute atomic E-state index is 0.102. The standard InChI is InChI=1S/C25H31N5O3/c1-16(31)29-9-7-19(14-29)24-27-21-8-10-30(15-20(21)25(26-2)28-24)23(32)13-17-5-6-22-18(12-17)4-3-11-33-22/h5-6,12,19H,3-4,7-11,13-15H2,1-2H3,(H,26,27,28)/t19-/m1/s1. The van der Waals surface area contributed by atoms with E-state index in [4.69, 9.17) is 14.7 Å². The number of aryl methyl sites for hydroxylation is 1. The highest BCUT2D eigenvalue weighted by molar-refractivity contribution is 5.79. The summed E-state index contributed by atoms with van der Waals surface area (Å²) < 4.78 is 5.69. The Kier molecular flexibility index (Phi) is 5.91. The van der Waals surface area contributed by atoms with E-state index in [2.05, 4.69) is 11.4 Å². The third-order valence-corrected chi connectivity index (χ3v) is 6.99. The average Bonchev–Trinajstić information content (AvgIpc) is 3.34. The van der Waals surface area contributed by atoms with Crippen molar-refractivity contribution in [2.24, 2.45) is 0 Å². The van der Waals surface area contributed by atoms with Crippen LogP contribution in [0.15, 0.2) is 18.2 Å². The molecule has 0 saturated carbocycles. The number of rotatable bonds is 4. The summed E-state index contributed by atoms with van der Waals surface area (Å²) in [4.78, 5) is 38.3. The van der Waals surface area contributed by atoms with E-state index in [1.54, 1.807) is 6.92 Å². The lowest BCUT2D eigenvalue weighted by molar-refractivity contribution is -0.131. The quantitative estimate of drug-likeness (QED) is 0.771. The maximum Gasteiger partial charge on any atom is 0.227 e. The monoisotopic (exact) mass is 449 g/mol. The second-order valence-corrected chi connectivity index (χ2v) is 9.19. The van der Waals surface area contributed by atoms with Crippen LogP contribution in [-0.4, -0.2) is 64.9 Å². The van der Waals surface area contributed by atoms with Crippen molar-refractivity contribution in [3.8, 4) is 5.75 Å². The lowest BCUT2D eigenvalue weighted by atomic mass is 10.00. The van der Waals surface area contributed by atoms with Gasteiger partial charge < -0.3 is 19.9 Å². The lowest BCUT2D eigenvalue weighted by Gasteiger charge is -2.30. The number of carbonyl (C=O) groups excluding carboxylic acids is 2. The summed E-state index contributed by atoms with van der Waals surface area (Å²) in [6, 6.07) is 6.11. The molecule has 0 spiro atoms. The molecule has 1 aromatic heterocycles. The van der Waals surface area contributed by atoms with E-state index < -0.39 is 0 Å². The largest absolute Gasteiger partial charge is 0.493 e. The third kappa shape index (κ3) is 4.38. The highest BCUT2D eigenvalue weighted by atomic mass is 16.5. The molecule has 0 bridgehead atoms. The SMILES string of the molecule is CNc1nc([C@@H]2CCN(C(C)=O)C2)nc2c1CN(C(=O)Cc1ccc3c(c1)CCCO3)CC2. The summed E-state index contributed by atoms with van der Waals surface area (Å²) >= 11 is 0. The molecule has 0 radical (unpaired) electrons. The Labute approximate surface area is 194 Å². The zero-order chi connectivity index (χ0) is 22.9. The van der Waals surface area contributed by atoms with Crippen molar-refractivity contribution in [3.05, 3.63) is 46.4 Å². The molecule has 0 unspecified atom stereocenters. The van der Waals surface area contributed by atoms with Gasteiger partial charge in [-0.05, 0) is 36.5 Å². The molecule has 1 fully saturated rings. The molecule has 1 atom stereocenters. The molecule has 8 nitrogen and oxygen atoms in total. The van der Waals surface area contributed by atoms with Gasteiger partial charge in [-0.25, -0.2) is 9.97 Å². The first kappa shape index (κ1) is 21.7. The van der Waals surface area contributed by atoms with Crippen LogP contribution in [0.3, 0.4) is 0 Å². The number of hydrogen-bond acceptors (Lipinski definition) is 6. The Bertz CT molecular complexity index is 1070. The molecule has 1 saturated heterocycles. The summed E-state index contributed by atoms with van der Waals surface area (Å²) in [7, 11) is 1.86. The van der Waals surface area contributed by atoms with Crippen molar-refractivity contribution in [1.29, 1.82) is 0 Å². The van der Waals surface area contributed by atoms with Crippen LogP contribution in [-0.2, 0) is 35.4 Å². The van der Waals surface area contributed by atoms with Crippen molar-refractivity contribution < 1.29 is 14.3 Å². The van der Waals surface area contributed by atoms with Crippen molar-refractivity contribution in [2.45, 2.75) is 51.5 Å². The molecule has 5 rings (SSSR count). The predicted octanol–water partition coefficient (Wildman–Crippen LogP) is 2.31. The van der Waals surface area contributed by atoms with E-state index in [1.807, 2.05) is 29.0 Å². The minimum Gasteiger partial charge on any atom is -0.493 e. The molecule has 33 heavy (non-hydrogen) atoms. The van der Waals surface area contributed by atoms with Crippen LogP contribution in [0, 0.1) is 0 Å². The van der Waals surface area contributed by atoms with Gasteiger partial charge in [0.1, 0.15) is 17.4 Å². The molecule has 4 heterocycles.